The van der Waals surface area contributed by atoms with Crippen LogP contribution in [0.3, 0.4) is 0 Å². The topological polar surface area (TPSA) is 65.0 Å². The molecular formula is C21H17N3O. The minimum Gasteiger partial charge on any atom is -0.334 e. The standard InChI is InChI=1S/C21H17N3O/c22-20-23-19(25)21(24-20,17-11-5-2-6-12-17)18-13-7-10-16(14-18)15-8-3-1-4-9-15/h1-14H,(H3,22,23,24,25). The Morgan fingerprint density at radius 3 is 1.96 bits per heavy atom. The van der Waals surface area contributed by atoms with Crippen molar-refractivity contribution in [3.8, 4) is 11.1 Å². The molecule has 1 unspecified atom stereocenters. The molecule has 0 spiro atoms. The van der Waals surface area contributed by atoms with Crippen molar-refractivity contribution in [3.05, 3.63) is 96.1 Å². The van der Waals surface area contributed by atoms with Crippen LogP contribution in [0.5, 0.6) is 0 Å². The molecule has 4 nitrogen and oxygen atoms in total. The zero-order valence-corrected chi connectivity index (χ0v) is 13.5. The van der Waals surface area contributed by atoms with E-state index in [0.29, 0.717) is 0 Å². The number of rotatable bonds is 3. The highest BCUT2D eigenvalue weighted by atomic mass is 16.2. The van der Waals surface area contributed by atoms with Gasteiger partial charge in [-0.25, -0.2) is 0 Å². The summed E-state index contributed by atoms with van der Waals surface area (Å²) in [5, 5.41) is 13.6. The molecule has 0 saturated carbocycles. The minimum atomic E-state index is -1.09. The first-order chi connectivity index (χ1) is 12.2. The van der Waals surface area contributed by atoms with Gasteiger partial charge in [0.05, 0.1) is 0 Å². The normalized spacial score (nSPS) is 19.4. The highest BCUT2D eigenvalue weighted by Gasteiger charge is 2.47. The predicted octanol–water partition coefficient (Wildman–Crippen LogP) is 3.25. The quantitative estimate of drug-likeness (QED) is 0.691. The van der Waals surface area contributed by atoms with E-state index >= 15 is 0 Å². The number of hydrogen-bond donors (Lipinski definition) is 3. The number of benzene rings is 3. The van der Waals surface area contributed by atoms with E-state index in [4.69, 9.17) is 5.41 Å². The average molecular weight is 327 g/mol. The van der Waals surface area contributed by atoms with Gasteiger partial charge in [0.15, 0.2) is 11.5 Å². The fraction of sp³-hybridized carbons (Fsp3) is 0.0476. The van der Waals surface area contributed by atoms with Gasteiger partial charge in [-0.1, -0.05) is 78.9 Å². The Hall–Kier alpha value is -3.40. The molecule has 4 rings (SSSR count). The zero-order chi connectivity index (χ0) is 17.3. The van der Waals surface area contributed by atoms with Gasteiger partial charge in [-0.15, -0.1) is 0 Å². The van der Waals surface area contributed by atoms with Gasteiger partial charge >= 0.3 is 0 Å². The Morgan fingerprint density at radius 2 is 1.32 bits per heavy atom. The molecule has 1 fully saturated rings. The second-order valence-corrected chi connectivity index (χ2v) is 6.02. The van der Waals surface area contributed by atoms with Gasteiger partial charge in [0.25, 0.3) is 5.91 Å². The maximum atomic E-state index is 12.8. The molecule has 122 valence electrons. The third-order valence-corrected chi connectivity index (χ3v) is 4.50. The second kappa shape index (κ2) is 5.91. The van der Waals surface area contributed by atoms with Gasteiger partial charge in [-0.05, 0) is 28.3 Å². The van der Waals surface area contributed by atoms with Crippen LogP contribution in [-0.2, 0) is 10.3 Å². The van der Waals surface area contributed by atoms with Gasteiger partial charge < -0.3 is 5.32 Å². The lowest BCUT2D eigenvalue weighted by Crippen LogP contribution is -2.44. The summed E-state index contributed by atoms with van der Waals surface area (Å²) in [5.74, 6) is -0.229. The van der Waals surface area contributed by atoms with Gasteiger partial charge in [0.1, 0.15) is 0 Å². The Labute approximate surface area is 146 Å². The Kier molecular flexibility index (Phi) is 3.58. The van der Waals surface area contributed by atoms with E-state index in [1.807, 2.05) is 84.9 Å². The summed E-state index contributed by atoms with van der Waals surface area (Å²) >= 11 is 0. The molecule has 25 heavy (non-hydrogen) atoms. The van der Waals surface area contributed by atoms with E-state index in [9.17, 15) is 4.79 Å². The molecule has 0 aliphatic carbocycles. The van der Waals surface area contributed by atoms with Crippen molar-refractivity contribution in [2.75, 3.05) is 0 Å². The fourth-order valence-corrected chi connectivity index (χ4v) is 3.31. The minimum absolute atomic E-state index is 0.0129. The second-order valence-electron chi connectivity index (χ2n) is 6.02. The lowest BCUT2D eigenvalue weighted by Gasteiger charge is -2.28. The number of hydrogen-bond acceptors (Lipinski definition) is 2. The molecule has 1 aliphatic heterocycles. The molecule has 3 aromatic carbocycles. The van der Waals surface area contributed by atoms with Crippen molar-refractivity contribution in [2.24, 2.45) is 0 Å². The lowest BCUT2D eigenvalue weighted by molar-refractivity contribution is -0.122. The van der Waals surface area contributed by atoms with Gasteiger partial charge in [-0.2, -0.15) is 0 Å². The molecule has 0 bridgehead atoms. The Balaban J connectivity index is 1.90. The fourth-order valence-electron chi connectivity index (χ4n) is 3.31. The summed E-state index contributed by atoms with van der Waals surface area (Å²) in [6, 6.07) is 27.5. The summed E-state index contributed by atoms with van der Waals surface area (Å²) in [6.45, 7) is 0. The highest BCUT2D eigenvalue weighted by Crippen LogP contribution is 2.34. The number of nitrogens with one attached hydrogen (secondary N) is 3. The number of carbonyl (C=O) groups excluding carboxylic acids is 1. The number of amides is 1. The molecule has 3 aromatic rings. The molecule has 0 aromatic heterocycles. The maximum Gasteiger partial charge on any atom is 0.261 e. The summed E-state index contributed by atoms with van der Waals surface area (Å²) < 4.78 is 0. The van der Waals surface area contributed by atoms with Crippen LogP contribution in [0.25, 0.3) is 11.1 Å². The van der Waals surface area contributed by atoms with E-state index < -0.39 is 5.54 Å². The molecule has 3 N–H and O–H groups in total. The van der Waals surface area contributed by atoms with E-state index in [0.717, 1.165) is 22.3 Å². The van der Waals surface area contributed by atoms with Crippen LogP contribution in [0.15, 0.2) is 84.9 Å². The first-order valence-corrected chi connectivity index (χ1v) is 8.10. The van der Waals surface area contributed by atoms with E-state index in [-0.39, 0.29) is 11.9 Å². The average Bonchev–Trinajstić information content (AvgIpc) is 2.98. The molecule has 1 amide bonds. The lowest BCUT2D eigenvalue weighted by atomic mass is 9.82. The third-order valence-electron chi connectivity index (χ3n) is 4.50. The summed E-state index contributed by atoms with van der Waals surface area (Å²) in [4.78, 5) is 12.8. The molecular weight excluding hydrogens is 310 g/mol. The Bertz CT molecular complexity index is 938. The molecule has 1 atom stereocenters. The number of guanidine groups is 1. The molecule has 0 radical (unpaired) electrons. The maximum absolute atomic E-state index is 12.8. The predicted molar refractivity (Wildman–Crippen MR) is 98.1 cm³/mol. The molecule has 1 heterocycles. The first-order valence-electron chi connectivity index (χ1n) is 8.10. The van der Waals surface area contributed by atoms with E-state index in [1.54, 1.807) is 0 Å². The molecule has 1 aliphatic rings. The van der Waals surface area contributed by atoms with Crippen molar-refractivity contribution in [3.63, 3.8) is 0 Å². The van der Waals surface area contributed by atoms with Crippen molar-refractivity contribution in [2.45, 2.75) is 5.54 Å². The van der Waals surface area contributed by atoms with Crippen LogP contribution in [0, 0.1) is 5.41 Å². The third kappa shape index (κ3) is 2.48. The highest BCUT2D eigenvalue weighted by molar-refractivity contribution is 6.10. The van der Waals surface area contributed by atoms with Crippen LogP contribution in [0.4, 0.5) is 0 Å². The largest absolute Gasteiger partial charge is 0.334 e. The molecule has 4 heteroatoms. The zero-order valence-electron chi connectivity index (χ0n) is 13.5. The van der Waals surface area contributed by atoms with Crippen LogP contribution < -0.4 is 10.6 Å². The van der Waals surface area contributed by atoms with Crippen molar-refractivity contribution < 1.29 is 4.79 Å². The first kappa shape index (κ1) is 15.1. The van der Waals surface area contributed by atoms with Crippen molar-refractivity contribution >= 4 is 11.9 Å². The smallest absolute Gasteiger partial charge is 0.261 e. The van der Waals surface area contributed by atoms with Crippen LogP contribution in [-0.4, -0.2) is 11.9 Å². The van der Waals surface area contributed by atoms with Crippen molar-refractivity contribution in [1.82, 2.24) is 10.6 Å². The monoisotopic (exact) mass is 327 g/mol. The van der Waals surface area contributed by atoms with E-state index in [2.05, 4.69) is 10.6 Å². The van der Waals surface area contributed by atoms with Crippen LogP contribution in [0.2, 0.25) is 0 Å². The van der Waals surface area contributed by atoms with E-state index in [1.165, 1.54) is 0 Å². The van der Waals surface area contributed by atoms with Crippen LogP contribution in [0.1, 0.15) is 11.1 Å². The van der Waals surface area contributed by atoms with Gasteiger partial charge in [0, 0.05) is 0 Å². The SMILES string of the molecule is N=C1NC(=O)C(c2ccccc2)(c2cccc(-c3ccccc3)c2)N1. The van der Waals surface area contributed by atoms with Crippen LogP contribution >= 0.6 is 0 Å². The summed E-state index contributed by atoms with van der Waals surface area (Å²) in [6.07, 6.45) is 0. The summed E-state index contributed by atoms with van der Waals surface area (Å²) in [5.41, 5.74) is 2.63. The number of carbonyl (C=O) groups is 1. The van der Waals surface area contributed by atoms with Crippen molar-refractivity contribution in [1.29, 1.82) is 5.41 Å². The van der Waals surface area contributed by atoms with Gasteiger partial charge in [-0.3, -0.25) is 15.5 Å². The van der Waals surface area contributed by atoms with Gasteiger partial charge in [0.2, 0.25) is 0 Å². The summed E-state index contributed by atoms with van der Waals surface area (Å²) in [7, 11) is 0. The Morgan fingerprint density at radius 1 is 0.720 bits per heavy atom. The molecule has 1 saturated heterocycles.